The van der Waals surface area contributed by atoms with Gasteiger partial charge in [-0.15, -0.1) is 0 Å². The maximum atomic E-state index is 13.2. The number of ketones is 1. The Morgan fingerprint density at radius 2 is 1.94 bits per heavy atom. The number of Topliss-reactive ketones (excluding diaryl/α,β-unsaturated/α-hetero) is 1. The molecule has 98 valence electrons. The Bertz CT molecular complexity index is 426. The average Bonchev–Trinajstić information content (AvgIpc) is 2.64. The van der Waals surface area contributed by atoms with E-state index in [4.69, 9.17) is 5.73 Å². The lowest BCUT2D eigenvalue weighted by molar-refractivity contribution is 0.0773. The van der Waals surface area contributed by atoms with Crippen molar-refractivity contribution in [1.29, 1.82) is 0 Å². The number of halogens is 1. The van der Waals surface area contributed by atoms with Crippen LogP contribution >= 0.6 is 0 Å². The van der Waals surface area contributed by atoms with E-state index in [0.29, 0.717) is 12.1 Å². The zero-order chi connectivity index (χ0) is 13.0. The minimum atomic E-state index is -0.508. The van der Waals surface area contributed by atoms with Crippen LogP contribution in [-0.4, -0.2) is 17.3 Å². The van der Waals surface area contributed by atoms with Crippen molar-refractivity contribution in [3.8, 4) is 0 Å². The van der Waals surface area contributed by atoms with Crippen LogP contribution in [0.1, 0.15) is 48.9 Å². The van der Waals surface area contributed by atoms with Crippen LogP contribution in [-0.2, 0) is 0 Å². The van der Waals surface area contributed by atoms with Gasteiger partial charge in [-0.25, -0.2) is 4.39 Å². The fourth-order valence-electron chi connectivity index (χ4n) is 2.77. The van der Waals surface area contributed by atoms with Gasteiger partial charge in [-0.05, 0) is 18.9 Å². The quantitative estimate of drug-likeness (QED) is 0.663. The van der Waals surface area contributed by atoms with E-state index in [1.807, 2.05) is 0 Å². The number of carbonyl (C=O) groups excluding carboxylic acids is 1. The molecule has 0 atom stereocenters. The van der Waals surface area contributed by atoms with Crippen molar-refractivity contribution in [2.24, 2.45) is 11.1 Å². The molecule has 0 saturated heterocycles. The van der Waals surface area contributed by atoms with Crippen molar-refractivity contribution >= 4 is 5.78 Å². The number of nitrogens with zero attached hydrogens (tertiary/aromatic N) is 1. The third-order valence-electron chi connectivity index (χ3n) is 3.90. The van der Waals surface area contributed by atoms with Crippen molar-refractivity contribution in [2.75, 3.05) is 6.54 Å². The summed E-state index contributed by atoms with van der Waals surface area (Å²) in [5.74, 6) is -0.513. The third kappa shape index (κ3) is 2.58. The lowest BCUT2D eigenvalue weighted by Gasteiger charge is -2.29. The van der Waals surface area contributed by atoms with E-state index in [9.17, 15) is 9.18 Å². The van der Waals surface area contributed by atoms with Gasteiger partial charge in [0.2, 0.25) is 0 Å². The summed E-state index contributed by atoms with van der Waals surface area (Å²) in [6.07, 6.45) is 8.49. The molecule has 0 bridgehead atoms. The molecule has 2 rings (SSSR count). The minimum absolute atomic E-state index is 0.0427. The molecule has 1 aromatic heterocycles. The van der Waals surface area contributed by atoms with Gasteiger partial charge in [0, 0.05) is 23.7 Å². The highest BCUT2D eigenvalue weighted by molar-refractivity contribution is 6.00. The summed E-state index contributed by atoms with van der Waals surface area (Å²) >= 11 is 0. The summed E-state index contributed by atoms with van der Waals surface area (Å²) in [5, 5.41) is 0. The van der Waals surface area contributed by atoms with E-state index in [2.05, 4.69) is 4.98 Å². The van der Waals surface area contributed by atoms with Gasteiger partial charge in [0.25, 0.3) is 0 Å². The Morgan fingerprint density at radius 3 is 2.50 bits per heavy atom. The lowest BCUT2D eigenvalue weighted by Crippen LogP contribution is -2.38. The van der Waals surface area contributed by atoms with E-state index in [-0.39, 0.29) is 5.78 Å². The van der Waals surface area contributed by atoms with E-state index < -0.39 is 11.2 Å². The maximum Gasteiger partial charge on any atom is 0.171 e. The number of hydrogen-bond acceptors (Lipinski definition) is 3. The van der Waals surface area contributed by atoms with Crippen LogP contribution in [0.4, 0.5) is 4.39 Å². The standard InChI is InChI=1S/C14H19FN2O/c15-12-7-11(8-17-9-12)13(18)14(10-16)5-3-1-2-4-6-14/h7-9H,1-6,10,16H2. The molecule has 1 aromatic rings. The highest BCUT2D eigenvalue weighted by atomic mass is 19.1. The largest absolute Gasteiger partial charge is 0.329 e. The molecule has 1 heterocycles. The molecule has 1 aliphatic carbocycles. The Morgan fingerprint density at radius 1 is 1.28 bits per heavy atom. The maximum absolute atomic E-state index is 13.2. The first-order valence-electron chi connectivity index (χ1n) is 6.53. The van der Waals surface area contributed by atoms with Crippen LogP contribution in [0.5, 0.6) is 0 Å². The Balaban J connectivity index is 2.28. The van der Waals surface area contributed by atoms with E-state index in [1.165, 1.54) is 12.3 Å². The van der Waals surface area contributed by atoms with Gasteiger partial charge in [-0.1, -0.05) is 25.7 Å². The third-order valence-corrected chi connectivity index (χ3v) is 3.90. The number of pyridine rings is 1. The molecular weight excluding hydrogens is 231 g/mol. The Labute approximate surface area is 107 Å². The first kappa shape index (κ1) is 13.1. The number of aromatic nitrogens is 1. The molecule has 0 radical (unpaired) electrons. The van der Waals surface area contributed by atoms with Crippen LogP contribution in [0.2, 0.25) is 0 Å². The number of carbonyl (C=O) groups is 1. The van der Waals surface area contributed by atoms with E-state index in [0.717, 1.165) is 44.7 Å². The summed E-state index contributed by atoms with van der Waals surface area (Å²) in [6, 6.07) is 1.26. The number of hydrogen-bond donors (Lipinski definition) is 1. The summed E-state index contributed by atoms with van der Waals surface area (Å²) in [6.45, 7) is 0.336. The van der Waals surface area contributed by atoms with Gasteiger partial charge in [-0.2, -0.15) is 0 Å². The molecule has 0 unspecified atom stereocenters. The second-order valence-corrected chi connectivity index (χ2v) is 5.12. The summed E-state index contributed by atoms with van der Waals surface area (Å²) in [4.78, 5) is 16.3. The van der Waals surface area contributed by atoms with Crippen LogP contribution < -0.4 is 5.73 Å². The van der Waals surface area contributed by atoms with Gasteiger partial charge in [0.1, 0.15) is 5.82 Å². The van der Waals surface area contributed by atoms with Crippen LogP contribution in [0.3, 0.4) is 0 Å². The summed E-state index contributed by atoms with van der Waals surface area (Å²) in [7, 11) is 0. The Hall–Kier alpha value is -1.29. The molecule has 1 aliphatic rings. The van der Waals surface area contributed by atoms with Crippen molar-refractivity contribution in [2.45, 2.75) is 38.5 Å². The second kappa shape index (κ2) is 5.57. The lowest BCUT2D eigenvalue weighted by atomic mass is 9.74. The van der Waals surface area contributed by atoms with Crippen molar-refractivity contribution in [3.63, 3.8) is 0 Å². The van der Waals surface area contributed by atoms with Crippen LogP contribution in [0.15, 0.2) is 18.5 Å². The first-order chi connectivity index (χ1) is 8.68. The highest BCUT2D eigenvalue weighted by Gasteiger charge is 2.37. The fourth-order valence-corrected chi connectivity index (χ4v) is 2.77. The SMILES string of the molecule is NCC1(C(=O)c2cncc(F)c2)CCCCCC1. The second-order valence-electron chi connectivity index (χ2n) is 5.12. The van der Waals surface area contributed by atoms with Crippen LogP contribution in [0.25, 0.3) is 0 Å². The number of rotatable bonds is 3. The summed E-state index contributed by atoms with van der Waals surface area (Å²) < 4.78 is 13.2. The molecule has 1 fully saturated rings. The molecule has 0 spiro atoms. The normalized spacial score (nSPS) is 19.2. The van der Waals surface area contributed by atoms with Gasteiger partial charge >= 0.3 is 0 Å². The van der Waals surface area contributed by atoms with E-state index >= 15 is 0 Å². The van der Waals surface area contributed by atoms with Gasteiger partial charge in [0.05, 0.1) is 6.20 Å². The predicted molar refractivity (Wildman–Crippen MR) is 67.7 cm³/mol. The van der Waals surface area contributed by atoms with Crippen molar-refractivity contribution < 1.29 is 9.18 Å². The molecule has 1 saturated carbocycles. The molecular formula is C14H19FN2O. The molecule has 0 aliphatic heterocycles. The fraction of sp³-hybridized carbons (Fsp3) is 0.571. The van der Waals surface area contributed by atoms with Crippen molar-refractivity contribution in [1.82, 2.24) is 4.98 Å². The number of nitrogens with two attached hydrogens (primary N) is 1. The van der Waals surface area contributed by atoms with Gasteiger partial charge in [0.15, 0.2) is 5.78 Å². The molecule has 3 nitrogen and oxygen atoms in total. The van der Waals surface area contributed by atoms with Gasteiger partial charge < -0.3 is 5.73 Å². The topological polar surface area (TPSA) is 56.0 Å². The molecule has 2 N–H and O–H groups in total. The smallest absolute Gasteiger partial charge is 0.171 e. The zero-order valence-electron chi connectivity index (χ0n) is 10.5. The zero-order valence-corrected chi connectivity index (χ0v) is 10.5. The first-order valence-corrected chi connectivity index (χ1v) is 6.53. The minimum Gasteiger partial charge on any atom is -0.329 e. The average molecular weight is 250 g/mol. The highest BCUT2D eigenvalue weighted by Crippen LogP contribution is 2.37. The van der Waals surface area contributed by atoms with Crippen LogP contribution in [0, 0.1) is 11.2 Å². The predicted octanol–water partition coefficient (Wildman–Crippen LogP) is 2.70. The van der Waals surface area contributed by atoms with Crippen molar-refractivity contribution in [3.05, 3.63) is 29.8 Å². The monoisotopic (exact) mass is 250 g/mol. The molecule has 0 amide bonds. The molecule has 4 heteroatoms. The van der Waals surface area contributed by atoms with E-state index in [1.54, 1.807) is 0 Å². The molecule has 0 aromatic carbocycles. The summed E-state index contributed by atoms with van der Waals surface area (Å²) in [5.41, 5.74) is 5.69. The molecule has 18 heavy (non-hydrogen) atoms. The Kier molecular flexibility index (Phi) is 4.07. The van der Waals surface area contributed by atoms with Gasteiger partial charge in [-0.3, -0.25) is 9.78 Å².